The fraction of sp³-hybridized carbons (Fsp3) is 0.158. The molecule has 0 N–H and O–H groups in total. The first-order chi connectivity index (χ1) is 13.0. The van der Waals surface area contributed by atoms with Gasteiger partial charge in [-0.15, -0.1) is 0 Å². The molecule has 2 aromatic carbocycles. The Labute approximate surface area is 169 Å². The van der Waals surface area contributed by atoms with Crippen molar-refractivity contribution in [2.24, 2.45) is 4.99 Å². The zero-order chi connectivity index (χ0) is 19.0. The molecule has 138 valence electrons. The molecule has 0 saturated heterocycles. The summed E-state index contributed by atoms with van der Waals surface area (Å²) in [4.78, 5) is 20.1. The molecule has 0 radical (unpaired) electrons. The van der Waals surface area contributed by atoms with Crippen LogP contribution in [0.5, 0.6) is 5.75 Å². The molecule has 2 heterocycles. The van der Waals surface area contributed by atoms with Crippen LogP contribution in [0, 0.1) is 0 Å². The van der Waals surface area contributed by atoms with Gasteiger partial charge in [-0.25, -0.2) is 4.99 Å². The Hall–Kier alpha value is -2.28. The molecule has 0 spiro atoms. The van der Waals surface area contributed by atoms with Crippen molar-refractivity contribution in [1.82, 2.24) is 4.57 Å². The molecule has 0 fully saturated rings. The summed E-state index contributed by atoms with van der Waals surface area (Å²) in [6, 6.07) is 12.9. The second-order valence-corrected chi connectivity index (χ2v) is 7.82. The first-order valence-electron chi connectivity index (χ1n) is 8.15. The fourth-order valence-corrected chi connectivity index (χ4v) is 4.24. The molecule has 4 rings (SSSR count). The molecule has 8 heteroatoms. The Kier molecular flexibility index (Phi) is 4.95. The molecular weight excluding hydrogens is 405 g/mol. The molecule has 1 aromatic heterocycles. The fourth-order valence-electron chi connectivity index (χ4n) is 2.83. The molecule has 0 saturated carbocycles. The maximum Gasteiger partial charge on any atom is 0.271 e. The van der Waals surface area contributed by atoms with Gasteiger partial charge in [0.05, 0.1) is 11.6 Å². The number of benzene rings is 2. The number of fused-ring (bicyclic) bond motifs is 1. The van der Waals surface area contributed by atoms with Crippen LogP contribution in [-0.4, -0.2) is 18.3 Å². The number of nitrogens with zero attached hydrogens (tertiary/aromatic N) is 3. The average Bonchev–Trinajstić information content (AvgIpc) is 2.99. The van der Waals surface area contributed by atoms with Gasteiger partial charge in [0.2, 0.25) is 0 Å². The zero-order valence-corrected chi connectivity index (χ0v) is 16.7. The lowest BCUT2D eigenvalue weighted by Gasteiger charge is -2.25. The van der Waals surface area contributed by atoms with Crippen molar-refractivity contribution >= 4 is 46.3 Å². The van der Waals surface area contributed by atoms with Gasteiger partial charge >= 0.3 is 0 Å². The highest BCUT2D eigenvalue weighted by atomic mass is 35.5. The zero-order valence-electron chi connectivity index (χ0n) is 14.4. The van der Waals surface area contributed by atoms with E-state index in [1.165, 1.54) is 11.3 Å². The summed E-state index contributed by atoms with van der Waals surface area (Å²) in [5.41, 5.74) is 1.65. The van der Waals surface area contributed by atoms with Crippen LogP contribution in [0.25, 0.3) is 6.08 Å². The van der Waals surface area contributed by atoms with E-state index < -0.39 is 0 Å². The minimum absolute atomic E-state index is 0.0806. The summed E-state index contributed by atoms with van der Waals surface area (Å²) in [5, 5.41) is 1.07. The van der Waals surface area contributed by atoms with Crippen molar-refractivity contribution in [2.75, 3.05) is 18.7 Å². The summed E-state index contributed by atoms with van der Waals surface area (Å²) >= 11 is 13.5. The number of methoxy groups -OCH3 is 1. The van der Waals surface area contributed by atoms with Gasteiger partial charge < -0.3 is 9.64 Å². The smallest absolute Gasteiger partial charge is 0.271 e. The van der Waals surface area contributed by atoms with Crippen LogP contribution in [0.1, 0.15) is 5.56 Å². The third-order valence-electron chi connectivity index (χ3n) is 4.26. The van der Waals surface area contributed by atoms with Crippen LogP contribution >= 0.6 is 34.5 Å². The number of ether oxygens (including phenoxy) is 1. The molecule has 0 bridgehead atoms. The van der Waals surface area contributed by atoms with Gasteiger partial charge in [0.15, 0.2) is 4.80 Å². The quantitative estimate of drug-likeness (QED) is 0.654. The van der Waals surface area contributed by atoms with E-state index in [1.54, 1.807) is 36.0 Å². The van der Waals surface area contributed by atoms with Crippen LogP contribution < -0.4 is 24.5 Å². The van der Waals surface area contributed by atoms with Crippen LogP contribution in [0.4, 0.5) is 5.69 Å². The normalized spacial score (nSPS) is 14.0. The van der Waals surface area contributed by atoms with Crippen molar-refractivity contribution in [1.29, 1.82) is 0 Å². The first-order valence-corrected chi connectivity index (χ1v) is 9.72. The highest BCUT2D eigenvalue weighted by Gasteiger charge is 2.16. The molecule has 0 aliphatic carbocycles. The Morgan fingerprint density at radius 3 is 2.67 bits per heavy atom. The summed E-state index contributed by atoms with van der Waals surface area (Å²) in [6.45, 7) is 0.941. The molecule has 0 unspecified atom stereocenters. The van der Waals surface area contributed by atoms with E-state index in [0.717, 1.165) is 17.0 Å². The van der Waals surface area contributed by atoms with Crippen molar-refractivity contribution < 1.29 is 4.74 Å². The predicted octanol–water partition coefficient (Wildman–Crippen LogP) is 3.11. The van der Waals surface area contributed by atoms with E-state index >= 15 is 0 Å². The van der Waals surface area contributed by atoms with E-state index in [4.69, 9.17) is 27.9 Å². The maximum atomic E-state index is 12.8. The van der Waals surface area contributed by atoms with E-state index in [1.807, 2.05) is 29.2 Å². The number of anilines is 1. The minimum atomic E-state index is -0.0806. The second kappa shape index (κ2) is 7.38. The second-order valence-electron chi connectivity index (χ2n) is 5.97. The molecule has 1 aliphatic heterocycles. The summed E-state index contributed by atoms with van der Waals surface area (Å²) in [6.07, 6.45) is 1.78. The van der Waals surface area contributed by atoms with Crippen molar-refractivity contribution in [3.05, 3.63) is 77.8 Å². The summed E-state index contributed by atoms with van der Waals surface area (Å²) in [7, 11) is 1.63. The lowest BCUT2D eigenvalue weighted by Crippen LogP contribution is -2.42. The molecule has 0 amide bonds. The van der Waals surface area contributed by atoms with Gasteiger partial charge in [-0.05, 0) is 48.0 Å². The SMILES string of the molecule is COc1ccc(N2CN=c3s/c(=C/c4ccc(Cl)cc4Cl)c(=O)n3C2)cc1. The molecule has 3 aromatic rings. The van der Waals surface area contributed by atoms with Crippen LogP contribution in [0.2, 0.25) is 10.0 Å². The van der Waals surface area contributed by atoms with Crippen LogP contribution in [0.3, 0.4) is 0 Å². The molecule has 1 aliphatic rings. The third kappa shape index (κ3) is 3.60. The van der Waals surface area contributed by atoms with Gasteiger partial charge in [-0.2, -0.15) is 0 Å². The van der Waals surface area contributed by atoms with E-state index in [0.29, 0.717) is 32.7 Å². The maximum absolute atomic E-state index is 12.8. The predicted molar refractivity (Wildman–Crippen MR) is 110 cm³/mol. The van der Waals surface area contributed by atoms with Gasteiger partial charge in [0, 0.05) is 15.7 Å². The Morgan fingerprint density at radius 2 is 1.96 bits per heavy atom. The Morgan fingerprint density at radius 1 is 1.19 bits per heavy atom. The lowest BCUT2D eigenvalue weighted by atomic mass is 10.2. The van der Waals surface area contributed by atoms with E-state index in [9.17, 15) is 4.79 Å². The van der Waals surface area contributed by atoms with Gasteiger partial charge in [-0.3, -0.25) is 9.36 Å². The monoisotopic (exact) mass is 419 g/mol. The highest BCUT2D eigenvalue weighted by Crippen LogP contribution is 2.22. The minimum Gasteiger partial charge on any atom is -0.497 e. The Bertz CT molecular complexity index is 1170. The molecular formula is C19H15Cl2N3O2S. The summed E-state index contributed by atoms with van der Waals surface area (Å²) < 4.78 is 7.46. The third-order valence-corrected chi connectivity index (χ3v) is 5.87. The number of aromatic nitrogens is 1. The molecule has 0 atom stereocenters. The molecule has 5 nitrogen and oxygen atoms in total. The summed E-state index contributed by atoms with van der Waals surface area (Å²) in [5.74, 6) is 0.790. The van der Waals surface area contributed by atoms with Crippen LogP contribution in [-0.2, 0) is 6.67 Å². The number of hydrogen-bond donors (Lipinski definition) is 0. The number of rotatable bonds is 3. The standard InChI is InChI=1S/C19H15Cl2N3O2S/c1-26-15-6-4-14(5-7-15)23-10-22-19-24(11-23)18(25)17(27-19)8-12-2-3-13(20)9-16(12)21/h2-9H,10-11H2,1H3/b17-8+. The molecule has 27 heavy (non-hydrogen) atoms. The topological polar surface area (TPSA) is 46.8 Å². The van der Waals surface area contributed by atoms with Crippen molar-refractivity contribution in [3.8, 4) is 5.75 Å². The Balaban J connectivity index is 1.69. The largest absolute Gasteiger partial charge is 0.497 e. The van der Waals surface area contributed by atoms with Gasteiger partial charge in [-0.1, -0.05) is 40.6 Å². The highest BCUT2D eigenvalue weighted by molar-refractivity contribution is 7.07. The van der Waals surface area contributed by atoms with Crippen molar-refractivity contribution in [2.45, 2.75) is 6.67 Å². The van der Waals surface area contributed by atoms with E-state index in [2.05, 4.69) is 4.99 Å². The first kappa shape index (κ1) is 18.1. The van der Waals surface area contributed by atoms with Gasteiger partial charge in [0.25, 0.3) is 5.56 Å². The van der Waals surface area contributed by atoms with E-state index in [-0.39, 0.29) is 5.56 Å². The number of halogens is 2. The van der Waals surface area contributed by atoms with Crippen LogP contribution in [0.15, 0.2) is 52.3 Å². The number of hydrogen-bond acceptors (Lipinski definition) is 5. The van der Waals surface area contributed by atoms with Gasteiger partial charge in [0.1, 0.15) is 19.1 Å². The average molecular weight is 420 g/mol. The number of thiazole rings is 1. The van der Waals surface area contributed by atoms with Crippen molar-refractivity contribution in [3.63, 3.8) is 0 Å². The lowest BCUT2D eigenvalue weighted by molar-refractivity contribution is 0.414.